The van der Waals surface area contributed by atoms with Gasteiger partial charge in [0.1, 0.15) is 0 Å². The van der Waals surface area contributed by atoms with Crippen LogP contribution in [-0.2, 0) is 0 Å². The van der Waals surface area contributed by atoms with Gasteiger partial charge in [-0.15, -0.1) is 0 Å². The summed E-state index contributed by atoms with van der Waals surface area (Å²) in [5.41, 5.74) is 5.95. The Morgan fingerprint density at radius 3 is 1.67 bits per heavy atom. The molecular weight excluding hydrogens is 148 g/mol. The van der Waals surface area contributed by atoms with Gasteiger partial charge in [-0.25, -0.2) is 0 Å². The number of rotatable bonds is 0. The Balaban J connectivity index is 0.000000261. The van der Waals surface area contributed by atoms with Crippen LogP contribution in [0.5, 0.6) is 0 Å². The summed E-state index contributed by atoms with van der Waals surface area (Å²) in [7, 11) is 0. The lowest BCUT2D eigenvalue weighted by Crippen LogP contribution is -2.46. The van der Waals surface area contributed by atoms with E-state index >= 15 is 0 Å². The van der Waals surface area contributed by atoms with Crippen LogP contribution in [0.25, 0.3) is 0 Å². The van der Waals surface area contributed by atoms with Crippen molar-refractivity contribution in [2.75, 3.05) is 13.1 Å². The van der Waals surface area contributed by atoms with Gasteiger partial charge in [0.25, 0.3) is 0 Å². The highest BCUT2D eigenvalue weighted by Gasteiger charge is 2.20. The molecule has 0 radical (unpaired) electrons. The van der Waals surface area contributed by atoms with E-state index < -0.39 is 0 Å². The zero-order valence-corrected chi connectivity index (χ0v) is 8.98. The van der Waals surface area contributed by atoms with Crippen LogP contribution in [-0.4, -0.2) is 18.6 Å². The van der Waals surface area contributed by atoms with Crippen molar-refractivity contribution in [3.05, 3.63) is 0 Å². The zero-order valence-electron chi connectivity index (χ0n) is 8.98. The first-order valence-electron chi connectivity index (χ1n) is 4.93. The Labute approximate surface area is 76.9 Å². The molecule has 0 atom stereocenters. The molecule has 0 aromatic rings. The molecule has 0 spiro atoms. The topological polar surface area (TPSA) is 38.0 Å². The van der Waals surface area contributed by atoms with Crippen molar-refractivity contribution in [2.45, 2.75) is 46.1 Å². The van der Waals surface area contributed by atoms with Crippen molar-refractivity contribution in [2.24, 2.45) is 11.7 Å². The average molecular weight is 172 g/mol. The molecule has 0 unspecified atom stereocenters. The van der Waals surface area contributed by atoms with Crippen LogP contribution >= 0.6 is 0 Å². The normalized spacial score (nSPS) is 21.5. The van der Waals surface area contributed by atoms with E-state index in [2.05, 4.69) is 33.0 Å². The first-order chi connectivity index (χ1) is 5.44. The van der Waals surface area contributed by atoms with Crippen molar-refractivity contribution in [3.8, 4) is 0 Å². The molecule has 1 saturated heterocycles. The fourth-order valence-electron chi connectivity index (χ4n) is 0.998. The van der Waals surface area contributed by atoms with Gasteiger partial charge in [-0.1, -0.05) is 20.8 Å². The van der Waals surface area contributed by atoms with Crippen LogP contribution in [0.15, 0.2) is 0 Å². The standard InChI is InChI=1S/C6H14N2.C4H10/c1-6(7)2-4-8-5-3-6;1-4(2)3/h8H,2-5,7H2,1H3;4H,1-3H3. The summed E-state index contributed by atoms with van der Waals surface area (Å²) < 4.78 is 0. The molecule has 0 aromatic heterocycles. The van der Waals surface area contributed by atoms with Crippen LogP contribution in [0.2, 0.25) is 0 Å². The minimum atomic E-state index is 0.116. The van der Waals surface area contributed by atoms with E-state index in [0.717, 1.165) is 31.8 Å². The van der Waals surface area contributed by atoms with Crippen LogP contribution in [0.4, 0.5) is 0 Å². The molecule has 2 nitrogen and oxygen atoms in total. The van der Waals surface area contributed by atoms with E-state index in [0.29, 0.717) is 0 Å². The predicted octanol–water partition coefficient (Wildman–Crippen LogP) is 1.75. The Bertz CT molecular complexity index is 97.7. The van der Waals surface area contributed by atoms with Gasteiger partial charge in [0.2, 0.25) is 0 Å². The lowest BCUT2D eigenvalue weighted by molar-refractivity contribution is 0.337. The Hall–Kier alpha value is -0.0800. The third kappa shape index (κ3) is 8.02. The molecule has 1 rings (SSSR count). The molecule has 1 heterocycles. The van der Waals surface area contributed by atoms with E-state index in [1.165, 1.54) is 0 Å². The van der Waals surface area contributed by atoms with Gasteiger partial charge in [0.15, 0.2) is 0 Å². The Kier molecular flexibility index (Phi) is 5.51. The van der Waals surface area contributed by atoms with Gasteiger partial charge < -0.3 is 11.1 Å². The number of hydrogen-bond acceptors (Lipinski definition) is 2. The lowest BCUT2D eigenvalue weighted by atomic mass is 9.92. The van der Waals surface area contributed by atoms with E-state index in [1.807, 2.05) is 0 Å². The van der Waals surface area contributed by atoms with E-state index in [1.54, 1.807) is 0 Å². The molecule has 1 fully saturated rings. The van der Waals surface area contributed by atoms with E-state index in [-0.39, 0.29) is 5.54 Å². The molecule has 0 aliphatic carbocycles. The molecule has 0 aromatic carbocycles. The second-order valence-corrected chi connectivity index (χ2v) is 4.64. The minimum absolute atomic E-state index is 0.116. The monoisotopic (exact) mass is 172 g/mol. The number of piperidine rings is 1. The summed E-state index contributed by atoms with van der Waals surface area (Å²) in [6.07, 6.45) is 2.24. The predicted molar refractivity (Wildman–Crippen MR) is 55.2 cm³/mol. The van der Waals surface area contributed by atoms with Crippen LogP contribution < -0.4 is 11.1 Å². The quantitative estimate of drug-likeness (QED) is 0.584. The van der Waals surface area contributed by atoms with Crippen LogP contribution in [0.3, 0.4) is 0 Å². The second-order valence-electron chi connectivity index (χ2n) is 4.64. The van der Waals surface area contributed by atoms with Gasteiger partial charge in [0, 0.05) is 5.54 Å². The highest BCUT2D eigenvalue weighted by Crippen LogP contribution is 2.11. The van der Waals surface area contributed by atoms with Crippen molar-refractivity contribution in [3.63, 3.8) is 0 Å². The third-order valence-corrected chi connectivity index (χ3v) is 1.75. The first kappa shape index (κ1) is 11.9. The first-order valence-corrected chi connectivity index (χ1v) is 4.93. The SMILES string of the molecule is CC(C)C.CC1(N)CCNCC1. The van der Waals surface area contributed by atoms with Crippen LogP contribution in [0, 0.1) is 5.92 Å². The van der Waals surface area contributed by atoms with Crippen molar-refractivity contribution in [1.29, 1.82) is 0 Å². The molecule has 1 aliphatic rings. The largest absolute Gasteiger partial charge is 0.325 e. The Morgan fingerprint density at radius 1 is 1.17 bits per heavy atom. The highest BCUT2D eigenvalue weighted by molar-refractivity contribution is 4.83. The molecular formula is C10H24N2. The summed E-state index contributed by atoms with van der Waals surface area (Å²) in [6, 6.07) is 0. The van der Waals surface area contributed by atoms with Gasteiger partial charge in [0.05, 0.1) is 0 Å². The molecule has 2 heteroatoms. The molecule has 0 bridgehead atoms. The summed E-state index contributed by atoms with van der Waals surface area (Å²) in [6.45, 7) is 10.8. The fourth-order valence-corrected chi connectivity index (χ4v) is 0.998. The lowest BCUT2D eigenvalue weighted by Gasteiger charge is -2.29. The average Bonchev–Trinajstić information content (AvgIpc) is 1.85. The van der Waals surface area contributed by atoms with Gasteiger partial charge in [-0.3, -0.25) is 0 Å². The molecule has 12 heavy (non-hydrogen) atoms. The van der Waals surface area contributed by atoms with Crippen molar-refractivity contribution < 1.29 is 0 Å². The summed E-state index contributed by atoms with van der Waals surface area (Å²) in [5.74, 6) is 0.833. The molecule has 3 N–H and O–H groups in total. The smallest absolute Gasteiger partial charge is 0.0150 e. The Morgan fingerprint density at radius 2 is 1.50 bits per heavy atom. The summed E-state index contributed by atoms with van der Waals surface area (Å²) in [5, 5.41) is 3.26. The maximum Gasteiger partial charge on any atom is 0.0150 e. The maximum atomic E-state index is 5.84. The van der Waals surface area contributed by atoms with Gasteiger partial charge in [-0.05, 0) is 38.8 Å². The minimum Gasteiger partial charge on any atom is -0.325 e. The van der Waals surface area contributed by atoms with Crippen LogP contribution in [0.1, 0.15) is 40.5 Å². The molecule has 0 saturated carbocycles. The zero-order chi connectivity index (χ0) is 9.61. The molecule has 74 valence electrons. The number of hydrogen-bond donors (Lipinski definition) is 2. The van der Waals surface area contributed by atoms with E-state index in [4.69, 9.17) is 5.73 Å². The maximum absolute atomic E-state index is 5.84. The fraction of sp³-hybridized carbons (Fsp3) is 1.00. The summed E-state index contributed by atoms with van der Waals surface area (Å²) >= 11 is 0. The number of nitrogens with one attached hydrogen (secondary N) is 1. The van der Waals surface area contributed by atoms with Crippen molar-refractivity contribution in [1.82, 2.24) is 5.32 Å². The van der Waals surface area contributed by atoms with Gasteiger partial charge in [-0.2, -0.15) is 0 Å². The molecule has 0 amide bonds. The second kappa shape index (κ2) is 5.55. The summed E-state index contributed by atoms with van der Waals surface area (Å²) in [4.78, 5) is 0. The van der Waals surface area contributed by atoms with Crippen molar-refractivity contribution >= 4 is 0 Å². The molecule has 1 aliphatic heterocycles. The third-order valence-electron chi connectivity index (χ3n) is 1.75. The number of nitrogens with two attached hydrogens (primary N) is 1. The van der Waals surface area contributed by atoms with E-state index in [9.17, 15) is 0 Å². The highest BCUT2D eigenvalue weighted by atomic mass is 14.9. The van der Waals surface area contributed by atoms with Gasteiger partial charge >= 0.3 is 0 Å².